The number of carbonyl (C=O) groups excluding carboxylic acids is 2. The van der Waals surface area contributed by atoms with Crippen LogP contribution in [-0.2, 0) is 16.1 Å². The molecule has 2 aromatic carbocycles. The van der Waals surface area contributed by atoms with E-state index in [4.69, 9.17) is 4.42 Å². The molecule has 31 heavy (non-hydrogen) atoms. The molecule has 0 spiro atoms. The molecule has 9 heteroatoms. The van der Waals surface area contributed by atoms with Gasteiger partial charge in [-0.15, -0.1) is 0 Å². The van der Waals surface area contributed by atoms with E-state index in [1.54, 1.807) is 18.2 Å². The van der Waals surface area contributed by atoms with Gasteiger partial charge in [0.25, 0.3) is 17.4 Å². The lowest BCUT2D eigenvalue weighted by Gasteiger charge is -2.24. The molecule has 1 atom stereocenters. The fraction of sp³-hybridized carbons (Fsp3) is 0.0909. The molecular formula is C22H15FN2O6. The van der Waals surface area contributed by atoms with E-state index >= 15 is 0 Å². The molecule has 4 rings (SSSR count). The lowest BCUT2D eigenvalue weighted by atomic mass is 9.94. The number of furan rings is 1. The molecule has 1 unspecified atom stereocenters. The van der Waals surface area contributed by atoms with Crippen molar-refractivity contribution in [2.45, 2.75) is 12.6 Å². The summed E-state index contributed by atoms with van der Waals surface area (Å²) in [4.78, 5) is 37.2. The molecule has 0 radical (unpaired) electrons. The summed E-state index contributed by atoms with van der Waals surface area (Å²) in [6, 6.07) is 12.5. The van der Waals surface area contributed by atoms with Gasteiger partial charge >= 0.3 is 0 Å². The van der Waals surface area contributed by atoms with Crippen LogP contribution in [0, 0.1) is 15.9 Å². The van der Waals surface area contributed by atoms with Crippen LogP contribution in [0.3, 0.4) is 0 Å². The highest BCUT2D eigenvalue weighted by molar-refractivity contribution is 6.46. The summed E-state index contributed by atoms with van der Waals surface area (Å²) in [5, 5.41) is 22.0. The van der Waals surface area contributed by atoms with E-state index in [9.17, 15) is 29.2 Å². The minimum absolute atomic E-state index is 0.000219. The molecule has 0 bridgehead atoms. The van der Waals surface area contributed by atoms with Crippen molar-refractivity contribution >= 4 is 23.1 Å². The minimum atomic E-state index is -1.24. The number of nitro benzene ring substituents is 1. The van der Waals surface area contributed by atoms with Gasteiger partial charge in [-0.3, -0.25) is 19.7 Å². The third-order valence-electron chi connectivity index (χ3n) is 4.98. The van der Waals surface area contributed by atoms with Crippen molar-refractivity contribution < 1.29 is 28.4 Å². The lowest BCUT2D eigenvalue weighted by Crippen LogP contribution is -2.29. The Morgan fingerprint density at radius 2 is 1.90 bits per heavy atom. The van der Waals surface area contributed by atoms with Crippen molar-refractivity contribution in [3.05, 3.63) is 105 Å². The van der Waals surface area contributed by atoms with Crippen LogP contribution < -0.4 is 0 Å². The van der Waals surface area contributed by atoms with E-state index in [1.165, 1.54) is 42.7 Å². The number of non-ortho nitro benzene ring substituents is 1. The molecule has 1 aliphatic rings. The first-order valence-corrected chi connectivity index (χ1v) is 9.18. The number of halogens is 1. The van der Waals surface area contributed by atoms with Gasteiger partial charge in [0.2, 0.25) is 0 Å². The zero-order valence-electron chi connectivity index (χ0n) is 15.9. The summed E-state index contributed by atoms with van der Waals surface area (Å²) in [6.45, 7) is -0.137. The van der Waals surface area contributed by atoms with Crippen molar-refractivity contribution in [3.8, 4) is 0 Å². The maximum atomic E-state index is 14.7. The number of aliphatic hydroxyl groups excluding tert-OH is 1. The number of hydrogen-bond donors (Lipinski definition) is 1. The number of rotatable bonds is 5. The Labute approximate surface area is 175 Å². The smallest absolute Gasteiger partial charge is 0.296 e. The molecule has 0 aliphatic carbocycles. The lowest BCUT2D eigenvalue weighted by molar-refractivity contribution is -0.384. The average molecular weight is 422 g/mol. The number of likely N-dealkylation sites (tertiary alicyclic amines) is 1. The Hall–Kier alpha value is -4.27. The summed E-state index contributed by atoms with van der Waals surface area (Å²) >= 11 is 0. The first-order chi connectivity index (χ1) is 14.9. The number of nitrogens with zero attached hydrogens (tertiary/aromatic N) is 2. The van der Waals surface area contributed by atoms with Crippen molar-refractivity contribution in [3.63, 3.8) is 0 Å². The summed E-state index contributed by atoms with van der Waals surface area (Å²) in [5.74, 6) is -2.92. The van der Waals surface area contributed by atoms with E-state index in [0.717, 1.165) is 11.0 Å². The van der Waals surface area contributed by atoms with Crippen LogP contribution in [0.25, 0.3) is 5.76 Å². The summed E-state index contributed by atoms with van der Waals surface area (Å²) in [6.07, 6.45) is 1.40. The number of nitro groups is 1. The molecule has 8 nitrogen and oxygen atoms in total. The predicted octanol–water partition coefficient (Wildman–Crippen LogP) is 3.95. The summed E-state index contributed by atoms with van der Waals surface area (Å²) in [7, 11) is 0. The third kappa shape index (κ3) is 3.57. The summed E-state index contributed by atoms with van der Waals surface area (Å²) < 4.78 is 20.0. The predicted molar refractivity (Wildman–Crippen MR) is 106 cm³/mol. The Kier molecular flexibility index (Phi) is 5.08. The van der Waals surface area contributed by atoms with E-state index in [1.807, 2.05) is 0 Å². The minimum Gasteiger partial charge on any atom is -0.507 e. The number of amides is 1. The molecule has 1 aromatic heterocycles. The van der Waals surface area contributed by atoms with Crippen molar-refractivity contribution in [1.29, 1.82) is 0 Å². The Morgan fingerprint density at radius 1 is 1.13 bits per heavy atom. The van der Waals surface area contributed by atoms with Gasteiger partial charge in [-0.25, -0.2) is 4.39 Å². The van der Waals surface area contributed by atoms with Crippen LogP contribution in [0.15, 0.2) is 76.9 Å². The van der Waals surface area contributed by atoms with Gasteiger partial charge in [-0.2, -0.15) is 0 Å². The highest BCUT2D eigenvalue weighted by atomic mass is 19.1. The van der Waals surface area contributed by atoms with Crippen molar-refractivity contribution in [1.82, 2.24) is 4.90 Å². The van der Waals surface area contributed by atoms with E-state index in [2.05, 4.69) is 0 Å². The maximum Gasteiger partial charge on any atom is 0.296 e. The Bertz CT molecular complexity index is 1220. The largest absolute Gasteiger partial charge is 0.507 e. The van der Waals surface area contributed by atoms with Crippen LogP contribution in [0.5, 0.6) is 0 Å². The van der Waals surface area contributed by atoms with E-state index < -0.39 is 34.2 Å². The first-order valence-electron chi connectivity index (χ1n) is 9.18. The molecule has 3 aromatic rings. The molecule has 1 N–H and O–H groups in total. The van der Waals surface area contributed by atoms with Crippen molar-refractivity contribution in [2.24, 2.45) is 0 Å². The number of benzene rings is 2. The molecule has 1 aliphatic heterocycles. The zero-order valence-corrected chi connectivity index (χ0v) is 15.9. The maximum absolute atomic E-state index is 14.7. The molecule has 2 heterocycles. The van der Waals surface area contributed by atoms with Gasteiger partial charge in [0, 0.05) is 23.3 Å². The highest BCUT2D eigenvalue weighted by Gasteiger charge is 2.47. The Balaban J connectivity index is 1.90. The second kappa shape index (κ2) is 7.86. The highest BCUT2D eigenvalue weighted by Crippen LogP contribution is 2.41. The molecular weight excluding hydrogens is 407 g/mol. The molecule has 0 saturated carbocycles. The van der Waals surface area contributed by atoms with E-state index in [0.29, 0.717) is 5.76 Å². The van der Waals surface area contributed by atoms with Gasteiger partial charge in [-0.05, 0) is 18.2 Å². The number of ketones is 1. The number of carbonyl (C=O) groups is 2. The summed E-state index contributed by atoms with van der Waals surface area (Å²) in [5.41, 5.74) is -0.703. The molecule has 1 amide bonds. The number of Topliss-reactive ketones (excluding diaryl/α,β-unsaturated/α-hetero) is 1. The van der Waals surface area contributed by atoms with E-state index in [-0.39, 0.29) is 28.9 Å². The molecule has 156 valence electrons. The second-order valence-electron chi connectivity index (χ2n) is 6.84. The topological polar surface area (TPSA) is 114 Å². The second-order valence-corrected chi connectivity index (χ2v) is 6.84. The monoisotopic (exact) mass is 422 g/mol. The van der Waals surface area contributed by atoms with Gasteiger partial charge in [0.1, 0.15) is 17.3 Å². The SMILES string of the molecule is O=C1C(=O)N(Cc2ccco2)C(c2ccccc2F)/C1=C(\O)c1cccc([N+](=O)[O-])c1. The third-order valence-corrected chi connectivity index (χ3v) is 4.98. The number of hydrogen-bond acceptors (Lipinski definition) is 6. The molecule has 1 saturated heterocycles. The Morgan fingerprint density at radius 3 is 2.58 bits per heavy atom. The van der Waals surface area contributed by atoms with Crippen LogP contribution in [0.4, 0.5) is 10.1 Å². The quantitative estimate of drug-likeness (QED) is 0.219. The van der Waals surface area contributed by atoms with Crippen LogP contribution in [0.1, 0.15) is 22.9 Å². The van der Waals surface area contributed by atoms with Crippen LogP contribution in [-0.4, -0.2) is 26.6 Å². The van der Waals surface area contributed by atoms with Gasteiger partial charge in [0.05, 0.1) is 29.3 Å². The standard InChI is InChI=1S/C22H15FN2O6/c23-17-9-2-1-8-16(17)19-18(20(26)13-5-3-6-14(11-13)25(29)30)21(27)22(28)24(19)12-15-7-4-10-31-15/h1-11,19,26H,12H2/b20-18+. The normalized spacial score (nSPS) is 17.8. The number of aliphatic hydroxyl groups is 1. The molecule has 1 fully saturated rings. The van der Waals surface area contributed by atoms with Crippen molar-refractivity contribution in [2.75, 3.05) is 0 Å². The van der Waals surface area contributed by atoms with Gasteiger partial charge in [-0.1, -0.05) is 30.3 Å². The van der Waals surface area contributed by atoms with Gasteiger partial charge < -0.3 is 14.4 Å². The van der Waals surface area contributed by atoms with Crippen LogP contribution in [0.2, 0.25) is 0 Å². The zero-order chi connectivity index (χ0) is 22.1. The average Bonchev–Trinajstić information content (AvgIpc) is 3.36. The fourth-order valence-corrected chi connectivity index (χ4v) is 3.56. The van der Waals surface area contributed by atoms with Gasteiger partial charge in [0.15, 0.2) is 0 Å². The first kappa shape index (κ1) is 20.0. The van der Waals surface area contributed by atoms with Crippen LogP contribution >= 0.6 is 0 Å². The fourth-order valence-electron chi connectivity index (χ4n) is 3.56.